The van der Waals surface area contributed by atoms with Crippen molar-refractivity contribution in [2.45, 2.75) is 58.3 Å². The predicted molar refractivity (Wildman–Crippen MR) is 159 cm³/mol. The highest BCUT2D eigenvalue weighted by atomic mass is 32.2. The Morgan fingerprint density at radius 3 is 2.17 bits per heavy atom. The van der Waals surface area contributed by atoms with Crippen LogP contribution in [0, 0.1) is 0 Å². The van der Waals surface area contributed by atoms with Crippen LogP contribution in [0.2, 0.25) is 0 Å². The molecule has 3 aromatic carbocycles. The molecule has 1 saturated heterocycles. The lowest BCUT2D eigenvalue weighted by atomic mass is 10.0. The summed E-state index contributed by atoms with van der Waals surface area (Å²) in [6.45, 7) is 6.55. The third-order valence-corrected chi connectivity index (χ3v) is 7.54. The van der Waals surface area contributed by atoms with Crippen LogP contribution in [0.25, 0.3) is 0 Å². The molecule has 3 aromatic rings. The van der Waals surface area contributed by atoms with Gasteiger partial charge in [0.25, 0.3) is 0 Å². The summed E-state index contributed by atoms with van der Waals surface area (Å²) in [6, 6.07) is 26.1. The Kier molecular flexibility index (Phi) is 11.5. The monoisotopic (exact) mass is 564 g/mol. The van der Waals surface area contributed by atoms with Crippen LogP contribution in [-0.2, 0) is 30.9 Å². The lowest BCUT2D eigenvalue weighted by Crippen LogP contribution is -2.50. The standard InChI is InChI=1S/C31H40N4O4S/c1-2-3-19-32-31(36)35(24-26-7-5-4-6-8-26)28-17-20-34(21-18-28)23-27-11-15-30(16-12-27)39-29-13-9-25(10-14-29)22-33-40(37)38/h4-16,28,33H,2-3,17-24H2,1H3,(H,32,36)(H,37,38). The highest BCUT2D eigenvalue weighted by Gasteiger charge is 2.28. The molecule has 0 aromatic heterocycles. The molecule has 0 saturated carbocycles. The van der Waals surface area contributed by atoms with Gasteiger partial charge in [0.2, 0.25) is 11.3 Å². The number of unbranched alkanes of at least 4 members (excludes halogenated alkanes) is 1. The number of ether oxygens (including phenoxy) is 1. The molecule has 1 atom stereocenters. The molecule has 214 valence electrons. The van der Waals surface area contributed by atoms with Crippen molar-refractivity contribution in [2.24, 2.45) is 0 Å². The van der Waals surface area contributed by atoms with Gasteiger partial charge in [-0.2, -0.15) is 0 Å². The van der Waals surface area contributed by atoms with E-state index in [0.717, 1.165) is 68.7 Å². The second-order valence-electron chi connectivity index (χ2n) is 10.2. The lowest BCUT2D eigenvalue weighted by Gasteiger charge is -2.38. The molecular formula is C31H40N4O4S. The molecule has 4 rings (SSSR count). The number of likely N-dealkylation sites (tertiary alicyclic amines) is 1. The summed E-state index contributed by atoms with van der Waals surface area (Å²) in [4.78, 5) is 17.6. The molecule has 1 unspecified atom stereocenters. The molecule has 8 nitrogen and oxygen atoms in total. The molecule has 0 spiro atoms. The van der Waals surface area contributed by atoms with Crippen LogP contribution >= 0.6 is 0 Å². The SMILES string of the molecule is CCCCNC(=O)N(Cc1ccccc1)C1CCN(Cc2ccc(Oc3ccc(CNS(=O)O)cc3)cc2)CC1. The number of hydrogen-bond donors (Lipinski definition) is 3. The number of nitrogens with one attached hydrogen (secondary N) is 2. The van der Waals surface area contributed by atoms with Crippen molar-refractivity contribution in [3.8, 4) is 11.5 Å². The van der Waals surface area contributed by atoms with Gasteiger partial charge in [-0.1, -0.05) is 67.9 Å². The number of carbonyl (C=O) groups is 1. The second-order valence-corrected chi connectivity index (χ2v) is 11.0. The third kappa shape index (κ3) is 9.45. The van der Waals surface area contributed by atoms with Gasteiger partial charge in [0.05, 0.1) is 0 Å². The lowest BCUT2D eigenvalue weighted by molar-refractivity contribution is 0.113. The van der Waals surface area contributed by atoms with Gasteiger partial charge >= 0.3 is 6.03 Å². The zero-order valence-electron chi connectivity index (χ0n) is 23.1. The smallest absolute Gasteiger partial charge is 0.317 e. The number of carbonyl (C=O) groups excluding carboxylic acids is 1. The van der Waals surface area contributed by atoms with E-state index in [1.165, 1.54) is 5.56 Å². The van der Waals surface area contributed by atoms with Crippen molar-refractivity contribution >= 4 is 17.3 Å². The van der Waals surface area contributed by atoms with E-state index in [-0.39, 0.29) is 12.1 Å². The fourth-order valence-corrected chi connectivity index (χ4v) is 5.18. The van der Waals surface area contributed by atoms with Gasteiger partial charge in [-0.05, 0) is 60.2 Å². The molecular weight excluding hydrogens is 524 g/mol. The zero-order chi connectivity index (χ0) is 28.2. The fourth-order valence-electron chi connectivity index (χ4n) is 4.89. The summed E-state index contributed by atoms with van der Waals surface area (Å²) >= 11 is -2.03. The molecule has 1 heterocycles. The van der Waals surface area contributed by atoms with E-state index in [2.05, 4.69) is 46.1 Å². The number of urea groups is 1. The van der Waals surface area contributed by atoms with E-state index in [9.17, 15) is 9.00 Å². The van der Waals surface area contributed by atoms with Crippen molar-refractivity contribution in [1.29, 1.82) is 0 Å². The van der Waals surface area contributed by atoms with Crippen LogP contribution in [0.5, 0.6) is 11.5 Å². The van der Waals surface area contributed by atoms with Gasteiger partial charge in [-0.25, -0.2) is 13.7 Å². The second kappa shape index (κ2) is 15.5. The highest BCUT2D eigenvalue weighted by molar-refractivity contribution is 7.77. The van der Waals surface area contributed by atoms with E-state index in [4.69, 9.17) is 9.29 Å². The maximum atomic E-state index is 13.1. The van der Waals surface area contributed by atoms with E-state index >= 15 is 0 Å². The van der Waals surface area contributed by atoms with Crippen LogP contribution in [0.1, 0.15) is 49.3 Å². The normalized spacial score (nSPS) is 14.9. The number of nitrogens with zero attached hydrogens (tertiary/aromatic N) is 2. The summed E-state index contributed by atoms with van der Waals surface area (Å²) in [5.74, 6) is 1.47. The van der Waals surface area contributed by atoms with Crippen LogP contribution in [0.3, 0.4) is 0 Å². The Morgan fingerprint density at radius 1 is 0.950 bits per heavy atom. The molecule has 0 radical (unpaired) electrons. The molecule has 1 fully saturated rings. The Balaban J connectivity index is 1.27. The summed E-state index contributed by atoms with van der Waals surface area (Å²) in [7, 11) is 0. The molecule has 0 aliphatic carbocycles. The van der Waals surface area contributed by atoms with Crippen molar-refractivity contribution in [2.75, 3.05) is 19.6 Å². The quantitative estimate of drug-likeness (QED) is 0.183. The van der Waals surface area contributed by atoms with Gasteiger partial charge in [0, 0.05) is 45.3 Å². The molecule has 1 aliphatic rings. The van der Waals surface area contributed by atoms with Crippen LogP contribution in [0.15, 0.2) is 78.9 Å². The number of hydrogen-bond acceptors (Lipinski definition) is 4. The van der Waals surface area contributed by atoms with E-state index in [1.807, 2.05) is 59.5 Å². The van der Waals surface area contributed by atoms with Crippen molar-refractivity contribution in [1.82, 2.24) is 19.8 Å². The number of rotatable bonds is 13. The Morgan fingerprint density at radius 2 is 1.57 bits per heavy atom. The molecule has 3 N–H and O–H groups in total. The number of piperidine rings is 1. The topological polar surface area (TPSA) is 94.1 Å². The first-order valence-electron chi connectivity index (χ1n) is 14.0. The summed E-state index contributed by atoms with van der Waals surface area (Å²) < 4.78 is 28.0. The minimum atomic E-state index is -2.03. The summed E-state index contributed by atoms with van der Waals surface area (Å²) in [5.41, 5.74) is 3.28. The molecule has 0 bridgehead atoms. The first kappa shape index (κ1) is 29.7. The van der Waals surface area contributed by atoms with Gasteiger partial charge in [-0.3, -0.25) is 9.45 Å². The Labute approximate surface area is 240 Å². The maximum Gasteiger partial charge on any atom is 0.317 e. The van der Waals surface area contributed by atoms with E-state index in [1.54, 1.807) is 0 Å². The fraction of sp³-hybridized carbons (Fsp3) is 0.387. The summed E-state index contributed by atoms with van der Waals surface area (Å²) in [5, 5.41) is 3.13. The van der Waals surface area contributed by atoms with E-state index < -0.39 is 11.3 Å². The largest absolute Gasteiger partial charge is 0.457 e. The third-order valence-electron chi connectivity index (χ3n) is 7.15. The Hall–Kier alpha value is -3.24. The van der Waals surface area contributed by atoms with Gasteiger partial charge < -0.3 is 15.0 Å². The highest BCUT2D eigenvalue weighted by Crippen LogP contribution is 2.24. The van der Waals surface area contributed by atoms with E-state index in [0.29, 0.717) is 18.8 Å². The molecule has 40 heavy (non-hydrogen) atoms. The van der Waals surface area contributed by atoms with Crippen LogP contribution in [0.4, 0.5) is 4.79 Å². The van der Waals surface area contributed by atoms with Crippen molar-refractivity contribution in [3.63, 3.8) is 0 Å². The van der Waals surface area contributed by atoms with Gasteiger partial charge in [0.1, 0.15) is 11.5 Å². The average molecular weight is 565 g/mol. The van der Waals surface area contributed by atoms with Gasteiger partial charge in [0.15, 0.2) is 0 Å². The number of amides is 2. The van der Waals surface area contributed by atoms with Crippen molar-refractivity contribution < 1.29 is 18.3 Å². The number of benzene rings is 3. The summed E-state index contributed by atoms with van der Waals surface area (Å²) in [6.07, 6.45) is 3.96. The molecule has 9 heteroatoms. The minimum absolute atomic E-state index is 0.0410. The zero-order valence-corrected chi connectivity index (χ0v) is 23.9. The molecule has 2 amide bonds. The van der Waals surface area contributed by atoms with Crippen LogP contribution in [-0.4, -0.2) is 50.3 Å². The Bertz CT molecular complexity index is 1200. The average Bonchev–Trinajstić information content (AvgIpc) is 2.98. The van der Waals surface area contributed by atoms with Crippen LogP contribution < -0.4 is 14.8 Å². The maximum absolute atomic E-state index is 13.1. The van der Waals surface area contributed by atoms with Gasteiger partial charge in [-0.15, -0.1) is 0 Å². The minimum Gasteiger partial charge on any atom is -0.457 e. The predicted octanol–water partition coefficient (Wildman–Crippen LogP) is 5.68. The molecule has 1 aliphatic heterocycles. The van der Waals surface area contributed by atoms with Crippen molar-refractivity contribution in [3.05, 3.63) is 95.6 Å². The first-order chi connectivity index (χ1) is 19.5. The first-order valence-corrected chi connectivity index (χ1v) is 15.1.